The van der Waals surface area contributed by atoms with E-state index in [1.165, 1.54) is 7.05 Å². The minimum atomic E-state index is -3.51. The van der Waals surface area contributed by atoms with Gasteiger partial charge in [0.05, 0.1) is 11.5 Å². The van der Waals surface area contributed by atoms with E-state index in [-0.39, 0.29) is 18.0 Å². The lowest BCUT2D eigenvalue weighted by molar-refractivity contribution is 0.266. The molecular formula is C10H14BrNO3S. The minimum Gasteiger partial charge on any atom is -0.395 e. The zero-order chi connectivity index (χ0) is 12.3. The van der Waals surface area contributed by atoms with Gasteiger partial charge in [-0.1, -0.05) is 22.0 Å². The highest BCUT2D eigenvalue weighted by Gasteiger charge is 2.22. The van der Waals surface area contributed by atoms with Gasteiger partial charge in [-0.25, -0.2) is 8.42 Å². The zero-order valence-corrected chi connectivity index (χ0v) is 11.5. The monoisotopic (exact) mass is 307 g/mol. The van der Waals surface area contributed by atoms with Gasteiger partial charge in [-0.2, -0.15) is 4.31 Å². The van der Waals surface area contributed by atoms with Gasteiger partial charge in [0.2, 0.25) is 10.0 Å². The van der Waals surface area contributed by atoms with Crippen molar-refractivity contribution in [2.75, 3.05) is 20.2 Å². The van der Waals surface area contributed by atoms with Crippen LogP contribution in [0.4, 0.5) is 0 Å². The molecule has 0 fully saturated rings. The van der Waals surface area contributed by atoms with Crippen LogP contribution in [-0.2, 0) is 10.0 Å². The summed E-state index contributed by atoms with van der Waals surface area (Å²) in [7, 11) is -2.06. The molecule has 1 rings (SSSR count). The van der Waals surface area contributed by atoms with Crippen LogP contribution < -0.4 is 0 Å². The molecule has 0 aliphatic carbocycles. The molecule has 1 aromatic carbocycles. The van der Waals surface area contributed by atoms with Crippen LogP contribution in [0.15, 0.2) is 27.6 Å². The Bertz CT molecular complexity index is 473. The first-order valence-electron chi connectivity index (χ1n) is 4.73. The van der Waals surface area contributed by atoms with Crippen LogP contribution in [0.2, 0.25) is 0 Å². The van der Waals surface area contributed by atoms with Gasteiger partial charge < -0.3 is 5.11 Å². The van der Waals surface area contributed by atoms with E-state index >= 15 is 0 Å². The van der Waals surface area contributed by atoms with Crippen molar-refractivity contribution in [3.63, 3.8) is 0 Å². The fourth-order valence-electron chi connectivity index (χ4n) is 1.30. The van der Waals surface area contributed by atoms with Gasteiger partial charge in [-0.05, 0) is 24.6 Å². The van der Waals surface area contributed by atoms with Gasteiger partial charge in [-0.15, -0.1) is 0 Å². The van der Waals surface area contributed by atoms with Crippen LogP contribution in [0.5, 0.6) is 0 Å². The summed E-state index contributed by atoms with van der Waals surface area (Å²) >= 11 is 3.29. The number of hydrogen-bond donors (Lipinski definition) is 1. The van der Waals surface area contributed by atoms with E-state index in [4.69, 9.17) is 5.11 Å². The highest BCUT2D eigenvalue weighted by atomic mass is 79.9. The Labute approximate surface area is 104 Å². The topological polar surface area (TPSA) is 57.6 Å². The smallest absolute Gasteiger partial charge is 0.243 e. The van der Waals surface area contributed by atoms with E-state index in [0.29, 0.717) is 5.56 Å². The second-order valence-corrected chi connectivity index (χ2v) is 6.28. The van der Waals surface area contributed by atoms with Crippen LogP contribution in [0.3, 0.4) is 0 Å². The molecule has 1 aromatic rings. The molecular weight excluding hydrogens is 294 g/mol. The van der Waals surface area contributed by atoms with E-state index in [2.05, 4.69) is 15.9 Å². The molecule has 0 amide bonds. The SMILES string of the molecule is Cc1c(Br)cccc1S(=O)(=O)N(C)CCO. The Kier molecular flexibility index (Phi) is 4.49. The van der Waals surface area contributed by atoms with Gasteiger partial charge in [0, 0.05) is 18.1 Å². The van der Waals surface area contributed by atoms with Crippen LogP contribution in [0.25, 0.3) is 0 Å². The van der Waals surface area contributed by atoms with E-state index in [1.807, 2.05) is 0 Å². The Balaban J connectivity index is 3.22. The third-order valence-electron chi connectivity index (χ3n) is 2.32. The molecule has 0 aliphatic rings. The van der Waals surface area contributed by atoms with Gasteiger partial charge in [0.25, 0.3) is 0 Å². The molecule has 0 spiro atoms. The number of aliphatic hydroxyl groups is 1. The highest BCUT2D eigenvalue weighted by molar-refractivity contribution is 9.10. The maximum atomic E-state index is 12.1. The Morgan fingerprint density at radius 1 is 1.44 bits per heavy atom. The van der Waals surface area contributed by atoms with E-state index in [9.17, 15) is 8.42 Å². The van der Waals surface area contributed by atoms with Crippen molar-refractivity contribution in [3.8, 4) is 0 Å². The summed E-state index contributed by atoms with van der Waals surface area (Å²) in [5.74, 6) is 0. The lowest BCUT2D eigenvalue weighted by atomic mass is 10.2. The lowest BCUT2D eigenvalue weighted by Crippen LogP contribution is -2.30. The van der Waals surface area contributed by atoms with Crippen LogP contribution >= 0.6 is 15.9 Å². The van der Waals surface area contributed by atoms with E-state index < -0.39 is 10.0 Å². The van der Waals surface area contributed by atoms with Gasteiger partial charge in [0.15, 0.2) is 0 Å². The molecule has 0 aromatic heterocycles. The predicted octanol–water partition coefficient (Wildman–Crippen LogP) is 1.37. The molecule has 1 N–H and O–H groups in total. The molecule has 0 saturated heterocycles. The Hall–Kier alpha value is -0.430. The first-order chi connectivity index (χ1) is 7.41. The molecule has 0 aliphatic heterocycles. The fraction of sp³-hybridized carbons (Fsp3) is 0.400. The summed E-state index contributed by atoms with van der Waals surface area (Å²) < 4.78 is 26.1. The minimum absolute atomic E-state index is 0.0916. The maximum absolute atomic E-state index is 12.1. The summed E-state index contributed by atoms with van der Waals surface area (Å²) in [4.78, 5) is 0.262. The molecule has 6 heteroatoms. The molecule has 0 radical (unpaired) electrons. The zero-order valence-electron chi connectivity index (χ0n) is 9.14. The first-order valence-corrected chi connectivity index (χ1v) is 6.97. The fourth-order valence-corrected chi connectivity index (χ4v) is 3.20. The number of hydrogen-bond acceptors (Lipinski definition) is 3. The molecule has 0 heterocycles. The van der Waals surface area contributed by atoms with Crippen LogP contribution in [0, 0.1) is 6.92 Å². The number of rotatable bonds is 4. The normalized spacial score (nSPS) is 12.1. The van der Waals surface area contributed by atoms with Gasteiger partial charge in [0.1, 0.15) is 0 Å². The Morgan fingerprint density at radius 3 is 2.62 bits per heavy atom. The van der Waals surface area contributed by atoms with Crippen molar-refractivity contribution < 1.29 is 13.5 Å². The van der Waals surface area contributed by atoms with Gasteiger partial charge >= 0.3 is 0 Å². The molecule has 90 valence electrons. The summed E-state index contributed by atoms with van der Waals surface area (Å²) in [6, 6.07) is 5.03. The third kappa shape index (κ3) is 2.63. The molecule has 0 atom stereocenters. The van der Waals surface area contributed by atoms with Crippen molar-refractivity contribution in [1.82, 2.24) is 4.31 Å². The van der Waals surface area contributed by atoms with Crippen LogP contribution in [0.1, 0.15) is 5.56 Å². The summed E-state index contributed by atoms with van der Waals surface area (Å²) in [5, 5.41) is 8.76. The molecule has 4 nitrogen and oxygen atoms in total. The molecule has 0 bridgehead atoms. The van der Waals surface area contributed by atoms with Gasteiger partial charge in [-0.3, -0.25) is 0 Å². The lowest BCUT2D eigenvalue weighted by Gasteiger charge is -2.17. The number of halogens is 1. The van der Waals surface area contributed by atoms with E-state index in [1.54, 1.807) is 25.1 Å². The molecule has 0 unspecified atom stereocenters. The second-order valence-electron chi connectivity index (χ2n) is 3.41. The number of sulfonamides is 1. The maximum Gasteiger partial charge on any atom is 0.243 e. The summed E-state index contributed by atoms with van der Waals surface area (Å²) in [6.07, 6.45) is 0. The molecule has 16 heavy (non-hydrogen) atoms. The van der Waals surface area contributed by atoms with Crippen molar-refractivity contribution in [1.29, 1.82) is 0 Å². The average Bonchev–Trinajstić information content (AvgIpc) is 2.22. The predicted molar refractivity (Wildman–Crippen MR) is 65.8 cm³/mol. The first kappa shape index (κ1) is 13.6. The van der Waals surface area contributed by atoms with Crippen molar-refractivity contribution >= 4 is 26.0 Å². The third-order valence-corrected chi connectivity index (χ3v) is 5.18. The van der Waals surface area contributed by atoms with Crippen LogP contribution in [-0.4, -0.2) is 38.0 Å². The average molecular weight is 308 g/mol. The van der Waals surface area contributed by atoms with Crippen molar-refractivity contribution in [3.05, 3.63) is 28.2 Å². The summed E-state index contributed by atoms with van der Waals surface area (Å²) in [6.45, 7) is 1.64. The van der Waals surface area contributed by atoms with E-state index in [0.717, 1.165) is 8.78 Å². The largest absolute Gasteiger partial charge is 0.395 e. The summed E-state index contributed by atoms with van der Waals surface area (Å²) in [5.41, 5.74) is 0.673. The Morgan fingerprint density at radius 2 is 2.06 bits per heavy atom. The number of aliphatic hydroxyl groups excluding tert-OH is 1. The standard InChI is InChI=1S/C10H14BrNO3S/c1-8-9(11)4-3-5-10(8)16(14,15)12(2)6-7-13/h3-5,13H,6-7H2,1-2H3. The quantitative estimate of drug-likeness (QED) is 0.914. The van der Waals surface area contributed by atoms with Crippen molar-refractivity contribution in [2.24, 2.45) is 0 Å². The molecule has 0 saturated carbocycles. The second kappa shape index (κ2) is 5.27. The van der Waals surface area contributed by atoms with Crippen molar-refractivity contribution in [2.45, 2.75) is 11.8 Å². The number of nitrogens with zero attached hydrogens (tertiary/aromatic N) is 1. The number of benzene rings is 1. The highest BCUT2D eigenvalue weighted by Crippen LogP contribution is 2.25. The number of likely N-dealkylation sites (N-methyl/N-ethyl adjacent to an activating group) is 1.